The number of aryl methyl sites for hydroxylation is 1. The lowest BCUT2D eigenvalue weighted by molar-refractivity contribution is 0.781. The van der Waals surface area contributed by atoms with Gasteiger partial charge < -0.3 is 5.73 Å². The molecule has 0 bridgehead atoms. The van der Waals surface area contributed by atoms with E-state index in [2.05, 4.69) is 17.2 Å². The summed E-state index contributed by atoms with van der Waals surface area (Å²) in [5.41, 5.74) is 10.1. The number of nitrogens with two attached hydrogens (primary N) is 1. The van der Waals surface area contributed by atoms with Crippen LogP contribution < -0.4 is 5.73 Å². The fraction of sp³-hybridized carbons (Fsp3) is 0.400. The van der Waals surface area contributed by atoms with E-state index in [-0.39, 0.29) is 0 Å². The molecule has 2 aromatic rings. The summed E-state index contributed by atoms with van der Waals surface area (Å²) in [4.78, 5) is 0. The van der Waals surface area contributed by atoms with Crippen LogP contribution in [0.3, 0.4) is 0 Å². The standard InChI is InChI=1S/C15H18ClN3/c1-10-2-5-13(9-14(10)16)19-15(11-3-4-11)8-12(18-19)6-7-17/h2,5,8-9,11H,3-4,6-7,17H2,1H3. The first kappa shape index (κ1) is 12.7. The van der Waals surface area contributed by atoms with Crippen molar-refractivity contribution in [3.8, 4) is 5.69 Å². The minimum atomic E-state index is 0.635. The topological polar surface area (TPSA) is 43.8 Å². The summed E-state index contributed by atoms with van der Waals surface area (Å²) in [5.74, 6) is 0.652. The zero-order valence-electron chi connectivity index (χ0n) is 11.1. The molecule has 0 amide bonds. The Labute approximate surface area is 118 Å². The molecule has 1 aliphatic rings. The van der Waals surface area contributed by atoms with Crippen LogP contribution in [0, 0.1) is 6.92 Å². The number of hydrogen-bond acceptors (Lipinski definition) is 2. The minimum Gasteiger partial charge on any atom is -0.330 e. The Balaban J connectivity index is 2.04. The molecule has 1 aromatic heterocycles. The Morgan fingerprint density at radius 2 is 2.16 bits per heavy atom. The molecule has 0 unspecified atom stereocenters. The number of hydrogen-bond donors (Lipinski definition) is 1. The molecule has 3 nitrogen and oxygen atoms in total. The van der Waals surface area contributed by atoms with Crippen molar-refractivity contribution < 1.29 is 0 Å². The van der Waals surface area contributed by atoms with Gasteiger partial charge in [0.1, 0.15) is 0 Å². The molecular formula is C15H18ClN3. The third-order valence-corrected chi connectivity index (χ3v) is 3.99. The van der Waals surface area contributed by atoms with Crippen LogP contribution in [-0.4, -0.2) is 16.3 Å². The Kier molecular flexibility index (Phi) is 3.33. The molecule has 100 valence electrons. The average molecular weight is 276 g/mol. The van der Waals surface area contributed by atoms with Crippen LogP contribution in [0.5, 0.6) is 0 Å². The maximum absolute atomic E-state index is 6.22. The Bertz CT molecular complexity index is 599. The number of benzene rings is 1. The zero-order valence-corrected chi connectivity index (χ0v) is 11.8. The smallest absolute Gasteiger partial charge is 0.0664 e. The van der Waals surface area contributed by atoms with E-state index in [0.29, 0.717) is 12.5 Å². The summed E-state index contributed by atoms with van der Waals surface area (Å²) in [6.45, 7) is 2.65. The van der Waals surface area contributed by atoms with Gasteiger partial charge in [0.05, 0.1) is 11.4 Å². The van der Waals surface area contributed by atoms with Gasteiger partial charge >= 0.3 is 0 Å². The molecule has 19 heavy (non-hydrogen) atoms. The van der Waals surface area contributed by atoms with Crippen molar-refractivity contribution in [2.45, 2.75) is 32.1 Å². The SMILES string of the molecule is Cc1ccc(-n2nc(CCN)cc2C2CC2)cc1Cl. The summed E-state index contributed by atoms with van der Waals surface area (Å²) >= 11 is 6.22. The molecule has 3 rings (SSSR count). The number of halogens is 1. The van der Waals surface area contributed by atoms with E-state index >= 15 is 0 Å². The van der Waals surface area contributed by atoms with Crippen molar-refractivity contribution in [3.05, 3.63) is 46.2 Å². The normalized spacial score (nSPS) is 14.9. The highest BCUT2D eigenvalue weighted by Gasteiger charge is 2.28. The van der Waals surface area contributed by atoms with Crippen LogP contribution >= 0.6 is 11.6 Å². The van der Waals surface area contributed by atoms with Crippen LogP contribution in [0.15, 0.2) is 24.3 Å². The van der Waals surface area contributed by atoms with Crippen LogP contribution in [0.2, 0.25) is 5.02 Å². The molecule has 0 atom stereocenters. The van der Waals surface area contributed by atoms with Gasteiger partial charge in [-0.15, -0.1) is 0 Å². The lowest BCUT2D eigenvalue weighted by Crippen LogP contribution is -2.05. The van der Waals surface area contributed by atoms with E-state index in [1.54, 1.807) is 0 Å². The van der Waals surface area contributed by atoms with Gasteiger partial charge in [-0.1, -0.05) is 17.7 Å². The Morgan fingerprint density at radius 1 is 1.37 bits per heavy atom. The van der Waals surface area contributed by atoms with Crippen LogP contribution in [0.4, 0.5) is 0 Å². The van der Waals surface area contributed by atoms with Crippen molar-refractivity contribution >= 4 is 11.6 Å². The van der Waals surface area contributed by atoms with Gasteiger partial charge in [-0.25, -0.2) is 4.68 Å². The van der Waals surface area contributed by atoms with Crippen molar-refractivity contribution in [3.63, 3.8) is 0 Å². The molecule has 0 aliphatic heterocycles. The van der Waals surface area contributed by atoms with Gasteiger partial charge in [0.15, 0.2) is 0 Å². The second-order valence-corrected chi connectivity index (χ2v) is 5.63. The molecule has 2 N–H and O–H groups in total. The third-order valence-electron chi connectivity index (χ3n) is 3.58. The van der Waals surface area contributed by atoms with E-state index in [4.69, 9.17) is 17.3 Å². The number of nitrogens with zero attached hydrogens (tertiary/aromatic N) is 2. The lowest BCUT2D eigenvalue weighted by Gasteiger charge is -2.08. The van der Waals surface area contributed by atoms with Crippen molar-refractivity contribution in [1.82, 2.24) is 9.78 Å². The van der Waals surface area contributed by atoms with Gasteiger partial charge in [0.2, 0.25) is 0 Å². The summed E-state index contributed by atoms with van der Waals surface area (Å²) < 4.78 is 2.04. The van der Waals surface area contributed by atoms with Crippen LogP contribution in [0.25, 0.3) is 5.69 Å². The first-order valence-electron chi connectivity index (χ1n) is 6.74. The van der Waals surface area contributed by atoms with Gasteiger partial charge in [0, 0.05) is 23.1 Å². The van der Waals surface area contributed by atoms with Crippen molar-refractivity contribution in [2.24, 2.45) is 5.73 Å². The van der Waals surface area contributed by atoms with Crippen LogP contribution in [0.1, 0.15) is 35.7 Å². The highest BCUT2D eigenvalue weighted by Crippen LogP contribution is 2.41. The van der Waals surface area contributed by atoms with Gasteiger partial charge in [-0.3, -0.25) is 0 Å². The zero-order chi connectivity index (χ0) is 13.4. The van der Waals surface area contributed by atoms with E-state index in [1.165, 1.54) is 18.5 Å². The monoisotopic (exact) mass is 275 g/mol. The Morgan fingerprint density at radius 3 is 2.79 bits per heavy atom. The second kappa shape index (κ2) is 4.99. The summed E-state index contributed by atoms with van der Waals surface area (Å²) in [5, 5.41) is 5.47. The predicted molar refractivity (Wildman–Crippen MR) is 78.0 cm³/mol. The molecule has 4 heteroatoms. The maximum atomic E-state index is 6.22. The lowest BCUT2D eigenvalue weighted by atomic mass is 10.2. The molecule has 1 aromatic carbocycles. The molecule has 1 saturated carbocycles. The second-order valence-electron chi connectivity index (χ2n) is 5.22. The molecule has 0 saturated heterocycles. The maximum Gasteiger partial charge on any atom is 0.0664 e. The van der Waals surface area contributed by atoms with Crippen LogP contribution in [-0.2, 0) is 6.42 Å². The van der Waals surface area contributed by atoms with E-state index in [1.807, 2.05) is 23.7 Å². The van der Waals surface area contributed by atoms with Gasteiger partial charge in [0.25, 0.3) is 0 Å². The molecule has 0 radical (unpaired) electrons. The molecular weight excluding hydrogens is 258 g/mol. The van der Waals surface area contributed by atoms with Crippen molar-refractivity contribution in [2.75, 3.05) is 6.54 Å². The van der Waals surface area contributed by atoms with Gasteiger partial charge in [-0.05, 0) is 50.1 Å². The number of rotatable bonds is 4. The van der Waals surface area contributed by atoms with Crippen molar-refractivity contribution in [1.29, 1.82) is 0 Å². The molecule has 1 heterocycles. The molecule has 0 spiro atoms. The summed E-state index contributed by atoms with van der Waals surface area (Å²) in [6.07, 6.45) is 3.34. The number of aromatic nitrogens is 2. The first-order chi connectivity index (χ1) is 9.19. The summed E-state index contributed by atoms with van der Waals surface area (Å²) in [6, 6.07) is 8.30. The highest BCUT2D eigenvalue weighted by molar-refractivity contribution is 6.31. The summed E-state index contributed by atoms with van der Waals surface area (Å²) in [7, 11) is 0. The third kappa shape index (κ3) is 2.53. The minimum absolute atomic E-state index is 0.635. The van der Waals surface area contributed by atoms with E-state index in [0.717, 1.165) is 28.4 Å². The van der Waals surface area contributed by atoms with E-state index in [9.17, 15) is 0 Å². The largest absolute Gasteiger partial charge is 0.330 e. The van der Waals surface area contributed by atoms with Gasteiger partial charge in [-0.2, -0.15) is 5.10 Å². The molecule has 1 fully saturated rings. The fourth-order valence-corrected chi connectivity index (χ4v) is 2.48. The predicted octanol–water partition coefficient (Wildman–Crippen LogP) is 3.21. The van der Waals surface area contributed by atoms with E-state index < -0.39 is 0 Å². The molecule has 1 aliphatic carbocycles. The average Bonchev–Trinajstić information content (AvgIpc) is 3.15. The quantitative estimate of drug-likeness (QED) is 0.931. The fourth-order valence-electron chi connectivity index (χ4n) is 2.31. The first-order valence-corrected chi connectivity index (χ1v) is 7.12. The highest BCUT2D eigenvalue weighted by atomic mass is 35.5. The Hall–Kier alpha value is -1.32.